The van der Waals surface area contributed by atoms with Crippen molar-refractivity contribution in [3.63, 3.8) is 0 Å². The molecule has 32 heavy (non-hydrogen) atoms. The van der Waals surface area contributed by atoms with Crippen LogP contribution in [0.25, 0.3) is 0 Å². The van der Waals surface area contributed by atoms with Gasteiger partial charge in [0.05, 0.1) is 23.7 Å². The van der Waals surface area contributed by atoms with Gasteiger partial charge in [-0.2, -0.15) is 5.10 Å². The van der Waals surface area contributed by atoms with Crippen molar-refractivity contribution in [3.05, 3.63) is 28.3 Å². The number of nitrogens with zero attached hydrogens (tertiary/aromatic N) is 4. The number of hydrazone groups is 1. The molecule has 13 heteroatoms. The van der Waals surface area contributed by atoms with Crippen molar-refractivity contribution in [2.45, 2.75) is 50.0 Å². The molecule has 13 nitrogen and oxygen atoms in total. The van der Waals surface area contributed by atoms with Crippen molar-refractivity contribution in [2.75, 3.05) is 36.6 Å². The lowest BCUT2D eigenvalue weighted by Crippen LogP contribution is -2.62. The molecule has 1 saturated heterocycles. The van der Waals surface area contributed by atoms with E-state index in [2.05, 4.69) is 21.5 Å². The third-order valence-corrected chi connectivity index (χ3v) is 5.76. The molecule has 0 amide bonds. The minimum absolute atomic E-state index is 0.0490. The molecule has 0 bridgehead atoms. The third kappa shape index (κ3) is 5.82. The molecule has 0 unspecified atom stereocenters. The van der Waals surface area contributed by atoms with Crippen LogP contribution in [0.15, 0.2) is 23.3 Å². The van der Waals surface area contributed by atoms with Crippen LogP contribution in [0.5, 0.6) is 0 Å². The van der Waals surface area contributed by atoms with Crippen LogP contribution in [0.1, 0.15) is 25.7 Å². The highest BCUT2D eigenvalue weighted by Crippen LogP contribution is 2.30. The number of likely N-dealkylation sites (tertiary alicyclic amines) is 1. The number of nitrogens with one attached hydrogen (secondary N) is 3. The Morgan fingerprint density at radius 3 is 2.66 bits per heavy atom. The summed E-state index contributed by atoms with van der Waals surface area (Å²) >= 11 is 0. The second kappa shape index (κ2) is 11.4. The van der Waals surface area contributed by atoms with E-state index in [1.165, 1.54) is 17.4 Å². The third-order valence-electron chi connectivity index (χ3n) is 5.76. The van der Waals surface area contributed by atoms with Gasteiger partial charge < -0.3 is 25.7 Å². The first-order chi connectivity index (χ1) is 15.4. The monoisotopic (exact) mass is 453 g/mol. The number of hydrazine groups is 2. The molecule has 2 aliphatic rings. The van der Waals surface area contributed by atoms with E-state index in [0.717, 1.165) is 25.7 Å². The topological polar surface area (TPSA) is 179 Å². The van der Waals surface area contributed by atoms with E-state index < -0.39 is 29.3 Å². The van der Waals surface area contributed by atoms with Crippen molar-refractivity contribution < 1.29 is 25.3 Å². The number of aliphatic hydroxyl groups is 4. The standard InChI is InChI=1S/C19H31N7O6/c27-11-16-18(29)19(30)17(28)10-24(16)8-4-2-1-3-7-20-13-5-6-14(15(9-13)26(31)32)25-12-21-22-23-25/h5-6,9,12,16-20,22-23,27-30H,1-4,7-8,10-11H2/t16-,17+,18-,19-/m1/s1. The van der Waals surface area contributed by atoms with Crippen LogP contribution in [0.3, 0.4) is 0 Å². The normalized spacial score (nSPS) is 25.7. The summed E-state index contributed by atoms with van der Waals surface area (Å²) in [5.41, 5.74) is 6.15. The summed E-state index contributed by atoms with van der Waals surface area (Å²) < 4.78 is 0. The highest BCUT2D eigenvalue weighted by Gasteiger charge is 2.40. The number of rotatable bonds is 11. The molecular formula is C19H31N7O6. The van der Waals surface area contributed by atoms with E-state index in [1.807, 2.05) is 4.90 Å². The van der Waals surface area contributed by atoms with E-state index in [4.69, 9.17) is 0 Å². The van der Waals surface area contributed by atoms with Crippen LogP contribution in [0, 0.1) is 10.1 Å². The number of β-amino-alcohol motifs (C(OH)–C–C–N with tert-alkyl or cyclic N) is 1. The molecule has 0 spiro atoms. The number of unbranched alkanes of at least 4 members (excludes halogenated alkanes) is 3. The summed E-state index contributed by atoms with van der Waals surface area (Å²) in [6.45, 7) is 1.20. The molecule has 3 rings (SSSR count). The Morgan fingerprint density at radius 1 is 1.19 bits per heavy atom. The van der Waals surface area contributed by atoms with Gasteiger partial charge in [-0.15, -0.1) is 5.53 Å². The maximum atomic E-state index is 11.4. The average Bonchev–Trinajstić information content (AvgIpc) is 3.31. The van der Waals surface area contributed by atoms with Gasteiger partial charge >= 0.3 is 0 Å². The Hall–Kier alpha value is -2.55. The quantitative estimate of drug-likeness (QED) is 0.125. The number of piperidine rings is 1. The van der Waals surface area contributed by atoms with Crippen LogP contribution < -0.4 is 21.4 Å². The summed E-state index contributed by atoms with van der Waals surface area (Å²) in [6, 6.07) is 4.32. The minimum Gasteiger partial charge on any atom is -0.395 e. The van der Waals surface area contributed by atoms with Gasteiger partial charge in [0.25, 0.3) is 5.69 Å². The van der Waals surface area contributed by atoms with E-state index in [9.17, 15) is 30.5 Å². The van der Waals surface area contributed by atoms with Crippen LogP contribution in [0.2, 0.25) is 0 Å². The van der Waals surface area contributed by atoms with Gasteiger partial charge in [0.2, 0.25) is 0 Å². The van der Waals surface area contributed by atoms with E-state index in [0.29, 0.717) is 24.5 Å². The number of benzene rings is 1. The first-order valence-corrected chi connectivity index (χ1v) is 10.7. The molecule has 1 aromatic carbocycles. The van der Waals surface area contributed by atoms with Crippen molar-refractivity contribution in [1.29, 1.82) is 0 Å². The fourth-order valence-electron chi connectivity index (χ4n) is 3.97. The lowest BCUT2D eigenvalue weighted by atomic mass is 9.94. The lowest BCUT2D eigenvalue weighted by molar-refractivity contribution is -0.384. The number of hydrogen-bond acceptors (Lipinski definition) is 12. The van der Waals surface area contributed by atoms with Gasteiger partial charge in [0.15, 0.2) is 0 Å². The second-order valence-corrected chi connectivity index (χ2v) is 7.93. The zero-order valence-electron chi connectivity index (χ0n) is 17.7. The predicted octanol–water partition coefficient (Wildman–Crippen LogP) is -0.901. The Balaban J connectivity index is 1.38. The van der Waals surface area contributed by atoms with Gasteiger partial charge in [0.1, 0.15) is 24.2 Å². The Labute approximate surface area is 185 Å². The maximum absolute atomic E-state index is 11.4. The van der Waals surface area contributed by atoms with Gasteiger partial charge in [-0.05, 0) is 31.5 Å². The molecule has 2 aliphatic heterocycles. The van der Waals surface area contributed by atoms with E-state index >= 15 is 0 Å². The molecule has 1 fully saturated rings. The van der Waals surface area contributed by atoms with Crippen LogP contribution in [0.4, 0.5) is 17.1 Å². The number of aliphatic hydroxyl groups excluding tert-OH is 4. The summed E-state index contributed by atoms with van der Waals surface area (Å²) in [5.74, 6) is 0. The Morgan fingerprint density at radius 2 is 1.97 bits per heavy atom. The van der Waals surface area contributed by atoms with E-state index in [1.54, 1.807) is 12.1 Å². The summed E-state index contributed by atoms with van der Waals surface area (Å²) in [7, 11) is 0. The van der Waals surface area contributed by atoms with Gasteiger partial charge in [0, 0.05) is 24.8 Å². The fraction of sp³-hybridized carbons (Fsp3) is 0.632. The number of hydrogen-bond donors (Lipinski definition) is 7. The van der Waals surface area contributed by atoms with Crippen LogP contribution >= 0.6 is 0 Å². The second-order valence-electron chi connectivity index (χ2n) is 7.93. The van der Waals surface area contributed by atoms with E-state index in [-0.39, 0.29) is 18.8 Å². The SMILES string of the molecule is O=[N+]([O-])c1cc(NCCCCCCN2C[C@H](O)[C@@H](O)[C@H](O)[C@H]2CO)ccc1N1C=NNN1. The largest absolute Gasteiger partial charge is 0.395 e. The van der Waals surface area contributed by atoms with Gasteiger partial charge in [-0.1, -0.05) is 12.8 Å². The van der Waals surface area contributed by atoms with Crippen molar-refractivity contribution >= 4 is 23.4 Å². The fourth-order valence-corrected chi connectivity index (χ4v) is 3.97. The van der Waals surface area contributed by atoms with Crippen molar-refractivity contribution in [1.82, 2.24) is 16.0 Å². The molecule has 0 radical (unpaired) electrons. The molecule has 0 aliphatic carbocycles. The molecule has 0 saturated carbocycles. The molecule has 178 valence electrons. The highest BCUT2D eigenvalue weighted by atomic mass is 16.6. The molecule has 1 aromatic rings. The molecule has 4 atom stereocenters. The highest BCUT2D eigenvalue weighted by molar-refractivity contribution is 5.84. The smallest absolute Gasteiger partial charge is 0.296 e. The lowest BCUT2D eigenvalue weighted by Gasteiger charge is -2.43. The summed E-state index contributed by atoms with van der Waals surface area (Å²) in [5, 5.41) is 58.9. The number of nitro benzene ring substituents is 1. The minimum atomic E-state index is -1.24. The van der Waals surface area contributed by atoms with Gasteiger partial charge in [-0.25, -0.2) is 10.5 Å². The van der Waals surface area contributed by atoms with Crippen LogP contribution in [-0.2, 0) is 0 Å². The molecule has 0 aromatic heterocycles. The number of nitro groups is 1. The Bertz CT molecular complexity index is 797. The molecule has 2 heterocycles. The molecular weight excluding hydrogens is 422 g/mol. The molecule has 7 N–H and O–H groups in total. The first-order valence-electron chi connectivity index (χ1n) is 10.7. The Kier molecular flexibility index (Phi) is 8.55. The summed E-state index contributed by atoms with van der Waals surface area (Å²) in [4.78, 5) is 12.8. The predicted molar refractivity (Wildman–Crippen MR) is 118 cm³/mol. The number of anilines is 2. The first kappa shape index (κ1) is 24.1. The van der Waals surface area contributed by atoms with Crippen LogP contribution in [-0.4, -0.2) is 87.2 Å². The zero-order valence-corrected chi connectivity index (χ0v) is 17.7. The zero-order chi connectivity index (χ0) is 23.1. The van der Waals surface area contributed by atoms with Gasteiger partial charge in [-0.3, -0.25) is 15.0 Å². The van der Waals surface area contributed by atoms with Crippen molar-refractivity contribution in [3.8, 4) is 0 Å². The average molecular weight is 454 g/mol. The maximum Gasteiger partial charge on any atom is 0.296 e. The summed E-state index contributed by atoms with van der Waals surface area (Å²) in [6.07, 6.45) is 1.50. The van der Waals surface area contributed by atoms with Crippen molar-refractivity contribution in [2.24, 2.45) is 5.10 Å².